The maximum absolute atomic E-state index is 12.8. The molecular formula is C18H18N4O3. The van der Waals surface area contributed by atoms with Crippen molar-refractivity contribution < 1.29 is 13.9 Å². The number of hydrogen-bond acceptors (Lipinski definition) is 6. The second-order valence-electron chi connectivity index (χ2n) is 6.18. The largest absolute Gasteiger partial charge is 0.459 e. The van der Waals surface area contributed by atoms with Crippen LogP contribution in [0.1, 0.15) is 32.7 Å². The number of aromatic nitrogens is 3. The average molecular weight is 338 g/mol. The van der Waals surface area contributed by atoms with Crippen LogP contribution in [0.25, 0.3) is 11.0 Å². The lowest BCUT2D eigenvalue weighted by atomic mass is 10.0. The molecule has 0 saturated carbocycles. The summed E-state index contributed by atoms with van der Waals surface area (Å²) in [5.41, 5.74) is 2.85. The fraction of sp³-hybridized carbons (Fsp3) is 0.278. The zero-order valence-electron chi connectivity index (χ0n) is 14.2. The Morgan fingerprint density at radius 1 is 1.36 bits per heavy atom. The third kappa shape index (κ3) is 2.48. The van der Waals surface area contributed by atoms with Gasteiger partial charge >= 0.3 is 5.97 Å². The standard InChI is InChI=1S/C18H18N4O3/c1-10(2)25-17(23)14-11(3)20-18-21-12-6-4-5-7-13(12)22(18)15(14)16-19-8-9-24-16/h4-10,15H,1-3H3,(H,20,21). The molecule has 0 saturated heterocycles. The number of allylic oxidation sites excluding steroid dienone is 1. The number of imidazole rings is 1. The van der Waals surface area contributed by atoms with Crippen molar-refractivity contribution >= 4 is 23.0 Å². The number of nitrogens with one attached hydrogen (secondary N) is 1. The fourth-order valence-corrected chi connectivity index (χ4v) is 3.11. The molecule has 0 amide bonds. The highest BCUT2D eigenvalue weighted by Crippen LogP contribution is 2.38. The van der Waals surface area contributed by atoms with Crippen molar-refractivity contribution in [3.05, 3.63) is 53.9 Å². The van der Waals surface area contributed by atoms with E-state index < -0.39 is 12.0 Å². The normalized spacial score (nSPS) is 16.9. The Kier molecular flexibility index (Phi) is 3.56. The summed E-state index contributed by atoms with van der Waals surface area (Å²) in [4.78, 5) is 21.7. The molecule has 7 heteroatoms. The lowest BCUT2D eigenvalue weighted by Crippen LogP contribution is -2.30. The van der Waals surface area contributed by atoms with Gasteiger partial charge in [0, 0.05) is 5.70 Å². The summed E-state index contributed by atoms with van der Waals surface area (Å²) in [6.45, 7) is 5.47. The van der Waals surface area contributed by atoms with E-state index in [1.54, 1.807) is 6.20 Å². The smallest absolute Gasteiger partial charge is 0.338 e. The molecule has 1 unspecified atom stereocenters. The van der Waals surface area contributed by atoms with Crippen LogP contribution in [0.2, 0.25) is 0 Å². The lowest BCUT2D eigenvalue weighted by molar-refractivity contribution is -0.143. The van der Waals surface area contributed by atoms with Crippen molar-refractivity contribution in [1.29, 1.82) is 0 Å². The first-order valence-electron chi connectivity index (χ1n) is 8.11. The number of oxazole rings is 1. The SMILES string of the molecule is CC1=C(C(=O)OC(C)C)C(c2ncco2)n2c(nc3ccccc32)N1. The number of rotatable bonds is 3. The molecule has 2 aromatic heterocycles. The number of ether oxygens (including phenoxy) is 1. The van der Waals surface area contributed by atoms with Gasteiger partial charge in [0.2, 0.25) is 11.8 Å². The zero-order valence-corrected chi connectivity index (χ0v) is 14.2. The number of benzene rings is 1. The molecule has 1 N–H and O–H groups in total. The quantitative estimate of drug-likeness (QED) is 0.738. The summed E-state index contributed by atoms with van der Waals surface area (Å²) >= 11 is 0. The summed E-state index contributed by atoms with van der Waals surface area (Å²) in [6.07, 6.45) is 2.84. The summed E-state index contributed by atoms with van der Waals surface area (Å²) in [5, 5.41) is 3.21. The first-order chi connectivity index (χ1) is 12.1. The Morgan fingerprint density at radius 3 is 2.88 bits per heavy atom. The summed E-state index contributed by atoms with van der Waals surface area (Å²) < 4.78 is 12.9. The predicted molar refractivity (Wildman–Crippen MR) is 91.9 cm³/mol. The van der Waals surface area contributed by atoms with Crippen LogP contribution < -0.4 is 5.32 Å². The Balaban J connectivity index is 1.94. The Bertz CT molecular complexity index is 970. The molecule has 7 nitrogen and oxygen atoms in total. The van der Waals surface area contributed by atoms with Crippen LogP contribution in [0.5, 0.6) is 0 Å². The number of carbonyl (C=O) groups excluding carboxylic acids is 1. The van der Waals surface area contributed by atoms with E-state index in [4.69, 9.17) is 9.15 Å². The number of anilines is 1. The van der Waals surface area contributed by atoms with E-state index in [0.717, 1.165) is 11.0 Å². The molecule has 1 atom stereocenters. The maximum Gasteiger partial charge on any atom is 0.338 e. The molecule has 0 aliphatic carbocycles. The molecule has 128 valence electrons. The number of fused-ring (bicyclic) bond motifs is 3. The number of para-hydroxylation sites is 2. The predicted octanol–water partition coefficient (Wildman–Crippen LogP) is 3.26. The van der Waals surface area contributed by atoms with E-state index in [1.807, 2.05) is 49.6 Å². The summed E-state index contributed by atoms with van der Waals surface area (Å²) in [7, 11) is 0. The highest BCUT2D eigenvalue weighted by atomic mass is 16.5. The van der Waals surface area contributed by atoms with Crippen LogP contribution in [0.4, 0.5) is 5.95 Å². The molecule has 3 heterocycles. The molecule has 25 heavy (non-hydrogen) atoms. The maximum atomic E-state index is 12.8. The van der Waals surface area contributed by atoms with Crippen molar-refractivity contribution in [3.8, 4) is 0 Å². The van der Waals surface area contributed by atoms with Gasteiger partial charge in [-0.05, 0) is 32.9 Å². The first-order valence-corrected chi connectivity index (χ1v) is 8.11. The molecule has 4 rings (SSSR count). The molecule has 1 aliphatic heterocycles. The van der Waals surface area contributed by atoms with Crippen LogP contribution in [0, 0.1) is 0 Å². The van der Waals surface area contributed by atoms with Gasteiger partial charge in [-0.15, -0.1) is 0 Å². The van der Waals surface area contributed by atoms with E-state index >= 15 is 0 Å². The van der Waals surface area contributed by atoms with Crippen LogP contribution in [-0.4, -0.2) is 26.6 Å². The van der Waals surface area contributed by atoms with Gasteiger partial charge in [-0.25, -0.2) is 14.8 Å². The van der Waals surface area contributed by atoms with Crippen molar-refractivity contribution in [2.45, 2.75) is 32.9 Å². The minimum absolute atomic E-state index is 0.223. The second kappa shape index (κ2) is 5.77. The minimum Gasteiger partial charge on any atom is -0.459 e. The van der Waals surface area contributed by atoms with E-state index in [9.17, 15) is 4.79 Å². The molecule has 0 spiro atoms. The highest BCUT2D eigenvalue weighted by Gasteiger charge is 2.37. The Morgan fingerprint density at radius 2 is 2.16 bits per heavy atom. The Hall–Kier alpha value is -3.09. The lowest BCUT2D eigenvalue weighted by Gasteiger charge is -2.28. The molecular weight excluding hydrogens is 320 g/mol. The van der Waals surface area contributed by atoms with Crippen LogP contribution in [0.15, 0.2) is 52.4 Å². The second-order valence-corrected chi connectivity index (χ2v) is 6.18. The monoisotopic (exact) mass is 338 g/mol. The van der Waals surface area contributed by atoms with Crippen LogP contribution >= 0.6 is 0 Å². The van der Waals surface area contributed by atoms with Crippen LogP contribution in [0.3, 0.4) is 0 Å². The van der Waals surface area contributed by atoms with Crippen LogP contribution in [-0.2, 0) is 9.53 Å². The number of nitrogens with zero attached hydrogens (tertiary/aromatic N) is 3. The summed E-state index contributed by atoms with van der Waals surface area (Å²) in [6, 6.07) is 7.20. The third-order valence-corrected chi connectivity index (χ3v) is 4.08. The number of esters is 1. The van der Waals surface area contributed by atoms with Gasteiger partial charge in [0.15, 0.2) is 0 Å². The molecule has 1 aliphatic rings. The average Bonchev–Trinajstić information content (AvgIpc) is 3.20. The fourth-order valence-electron chi connectivity index (χ4n) is 3.11. The molecule has 0 bridgehead atoms. The van der Waals surface area contributed by atoms with Gasteiger partial charge in [-0.2, -0.15) is 0 Å². The molecule has 0 fully saturated rings. The van der Waals surface area contributed by atoms with Gasteiger partial charge in [-0.1, -0.05) is 12.1 Å². The Labute approximate surface area is 144 Å². The van der Waals surface area contributed by atoms with Gasteiger partial charge in [-0.3, -0.25) is 4.57 Å². The third-order valence-electron chi connectivity index (χ3n) is 4.08. The van der Waals surface area contributed by atoms with Crippen molar-refractivity contribution in [1.82, 2.24) is 14.5 Å². The minimum atomic E-state index is -0.537. The van der Waals surface area contributed by atoms with Crippen molar-refractivity contribution in [2.75, 3.05) is 5.32 Å². The topological polar surface area (TPSA) is 82.2 Å². The highest BCUT2D eigenvalue weighted by molar-refractivity contribution is 5.93. The summed E-state index contributed by atoms with van der Waals surface area (Å²) in [5.74, 6) is 0.663. The van der Waals surface area contributed by atoms with E-state index in [2.05, 4.69) is 15.3 Å². The van der Waals surface area contributed by atoms with Crippen molar-refractivity contribution in [2.24, 2.45) is 0 Å². The van der Waals surface area contributed by atoms with Gasteiger partial charge in [0.05, 0.1) is 28.9 Å². The van der Waals surface area contributed by atoms with Gasteiger partial charge in [0.25, 0.3) is 0 Å². The number of hydrogen-bond donors (Lipinski definition) is 1. The van der Waals surface area contributed by atoms with Gasteiger partial charge < -0.3 is 14.5 Å². The van der Waals surface area contributed by atoms with Crippen molar-refractivity contribution in [3.63, 3.8) is 0 Å². The van der Waals surface area contributed by atoms with Gasteiger partial charge in [0.1, 0.15) is 12.3 Å². The van der Waals surface area contributed by atoms with E-state index in [-0.39, 0.29) is 6.10 Å². The van der Waals surface area contributed by atoms with E-state index in [1.165, 1.54) is 6.26 Å². The first kappa shape index (κ1) is 15.4. The molecule has 3 aromatic rings. The molecule has 0 radical (unpaired) electrons. The molecule has 1 aromatic carbocycles. The number of carbonyl (C=O) groups is 1. The zero-order chi connectivity index (χ0) is 17.6. The van der Waals surface area contributed by atoms with E-state index in [0.29, 0.717) is 23.1 Å².